The quantitative estimate of drug-likeness (QED) is 0.795. The Morgan fingerprint density at radius 3 is 2.42 bits per heavy atom. The number of nitrogen functional groups attached to an aromatic ring is 1. The lowest BCUT2D eigenvalue weighted by Crippen LogP contribution is -2.03. The molecular weight excluding hydrogens is 253 g/mol. The van der Waals surface area contributed by atoms with Gasteiger partial charge in [-0.05, 0) is 18.9 Å². The summed E-state index contributed by atoms with van der Waals surface area (Å²) in [6.07, 6.45) is 4.09. The minimum absolute atomic E-state index is 0.114. The molecule has 3 rings (SSSR count). The fraction of sp³-hybridized carbons (Fsp3) is 0.357. The van der Waals surface area contributed by atoms with E-state index in [2.05, 4.69) is 4.98 Å². The molecule has 0 unspecified atom stereocenters. The van der Waals surface area contributed by atoms with Crippen LogP contribution in [0.15, 0.2) is 12.1 Å². The first-order chi connectivity index (χ1) is 9.08. The Bertz CT molecular complexity index is 649. The van der Waals surface area contributed by atoms with Crippen molar-refractivity contribution < 1.29 is 13.2 Å². The average molecular weight is 266 g/mol. The standard InChI is InChI=1S/C14H13F3N2/c15-8-5-9(16)13(17)14-12(8)10(18)6-11(19-14)7-3-1-2-4-7/h5-7H,1-4H2,(H2,18,19). The van der Waals surface area contributed by atoms with Crippen LogP contribution in [0.4, 0.5) is 18.9 Å². The van der Waals surface area contributed by atoms with Crippen LogP contribution in [-0.2, 0) is 0 Å². The molecule has 2 N–H and O–H groups in total. The van der Waals surface area contributed by atoms with Gasteiger partial charge in [-0.1, -0.05) is 12.8 Å². The van der Waals surface area contributed by atoms with E-state index in [-0.39, 0.29) is 22.5 Å². The van der Waals surface area contributed by atoms with Gasteiger partial charge >= 0.3 is 0 Å². The van der Waals surface area contributed by atoms with Gasteiger partial charge in [0.25, 0.3) is 0 Å². The zero-order valence-corrected chi connectivity index (χ0v) is 10.2. The molecule has 0 saturated heterocycles. The zero-order valence-electron chi connectivity index (χ0n) is 10.2. The minimum atomic E-state index is -1.24. The fourth-order valence-electron chi connectivity index (χ4n) is 2.79. The number of halogens is 3. The Hall–Kier alpha value is -1.78. The van der Waals surface area contributed by atoms with E-state index in [1.54, 1.807) is 6.07 Å². The first kappa shape index (κ1) is 12.3. The normalized spacial score (nSPS) is 16.4. The third-order valence-corrected chi connectivity index (χ3v) is 3.75. The molecule has 1 heterocycles. The number of nitrogens with two attached hydrogens (primary N) is 1. The van der Waals surface area contributed by atoms with Gasteiger partial charge in [-0.2, -0.15) is 0 Å². The van der Waals surface area contributed by atoms with Crippen LogP contribution in [0.25, 0.3) is 10.9 Å². The van der Waals surface area contributed by atoms with Crippen molar-refractivity contribution in [1.82, 2.24) is 4.98 Å². The number of pyridine rings is 1. The molecule has 2 aromatic rings. The van der Waals surface area contributed by atoms with E-state index < -0.39 is 17.5 Å². The molecule has 1 aromatic carbocycles. The van der Waals surface area contributed by atoms with Crippen molar-refractivity contribution in [1.29, 1.82) is 0 Å². The van der Waals surface area contributed by atoms with Gasteiger partial charge in [-0.15, -0.1) is 0 Å². The first-order valence-corrected chi connectivity index (χ1v) is 6.31. The predicted octanol–water partition coefficient (Wildman–Crippen LogP) is 3.89. The van der Waals surface area contributed by atoms with Gasteiger partial charge in [0.1, 0.15) is 11.3 Å². The van der Waals surface area contributed by atoms with E-state index in [1.807, 2.05) is 0 Å². The molecule has 5 heteroatoms. The van der Waals surface area contributed by atoms with Gasteiger partial charge in [0, 0.05) is 23.4 Å². The largest absolute Gasteiger partial charge is 0.398 e. The highest BCUT2D eigenvalue weighted by Crippen LogP contribution is 2.36. The van der Waals surface area contributed by atoms with E-state index in [1.165, 1.54) is 0 Å². The molecule has 1 saturated carbocycles. The van der Waals surface area contributed by atoms with Crippen molar-refractivity contribution in [3.8, 4) is 0 Å². The van der Waals surface area contributed by atoms with Crippen molar-refractivity contribution in [2.75, 3.05) is 5.73 Å². The van der Waals surface area contributed by atoms with Gasteiger partial charge in [0.05, 0.1) is 5.39 Å². The van der Waals surface area contributed by atoms with Gasteiger partial charge < -0.3 is 5.73 Å². The van der Waals surface area contributed by atoms with Crippen LogP contribution in [0.1, 0.15) is 37.3 Å². The Balaban J connectivity index is 2.26. The summed E-state index contributed by atoms with van der Waals surface area (Å²) in [5, 5.41) is -0.138. The average Bonchev–Trinajstić information content (AvgIpc) is 2.88. The number of aromatic nitrogens is 1. The first-order valence-electron chi connectivity index (χ1n) is 6.31. The van der Waals surface area contributed by atoms with Crippen LogP contribution in [0.3, 0.4) is 0 Å². The summed E-state index contributed by atoms with van der Waals surface area (Å²) in [5.41, 5.74) is 6.21. The lowest BCUT2D eigenvalue weighted by molar-refractivity contribution is 0.503. The Morgan fingerprint density at radius 2 is 1.74 bits per heavy atom. The third-order valence-electron chi connectivity index (χ3n) is 3.75. The molecule has 0 aliphatic heterocycles. The maximum atomic E-state index is 13.8. The van der Waals surface area contributed by atoms with Crippen molar-refractivity contribution in [2.24, 2.45) is 0 Å². The highest BCUT2D eigenvalue weighted by atomic mass is 19.2. The summed E-state index contributed by atoms with van der Waals surface area (Å²) in [6.45, 7) is 0. The van der Waals surface area contributed by atoms with Crippen molar-refractivity contribution in [2.45, 2.75) is 31.6 Å². The summed E-state index contributed by atoms with van der Waals surface area (Å²) >= 11 is 0. The molecule has 0 amide bonds. The second-order valence-electron chi connectivity index (χ2n) is 5.00. The molecule has 1 aliphatic rings. The van der Waals surface area contributed by atoms with Crippen molar-refractivity contribution >= 4 is 16.6 Å². The van der Waals surface area contributed by atoms with Gasteiger partial charge in [0.15, 0.2) is 11.6 Å². The molecule has 0 bridgehead atoms. The molecule has 2 nitrogen and oxygen atoms in total. The van der Waals surface area contributed by atoms with E-state index >= 15 is 0 Å². The van der Waals surface area contributed by atoms with E-state index in [0.717, 1.165) is 25.7 Å². The Labute approximate surface area is 108 Å². The smallest absolute Gasteiger partial charge is 0.185 e. The summed E-state index contributed by atoms with van der Waals surface area (Å²) < 4.78 is 40.7. The zero-order chi connectivity index (χ0) is 13.6. The lowest BCUT2D eigenvalue weighted by Gasteiger charge is -2.12. The minimum Gasteiger partial charge on any atom is -0.398 e. The highest BCUT2D eigenvalue weighted by Gasteiger charge is 2.22. The third kappa shape index (κ3) is 1.93. The molecule has 100 valence electrons. The highest BCUT2D eigenvalue weighted by molar-refractivity contribution is 5.91. The molecule has 1 aliphatic carbocycles. The maximum Gasteiger partial charge on any atom is 0.185 e. The Kier molecular flexibility index (Phi) is 2.84. The van der Waals surface area contributed by atoms with Crippen LogP contribution in [-0.4, -0.2) is 4.98 Å². The molecule has 1 fully saturated rings. The number of rotatable bonds is 1. The molecule has 19 heavy (non-hydrogen) atoms. The van der Waals surface area contributed by atoms with Crippen molar-refractivity contribution in [3.05, 3.63) is 35.3 Å². The number of nitrogens with zero attached hydrogens (tertiary/aromatic N) is 1. The summed E-state index contributed by atoms with van der Waals surface area (Å²) in [6, 6.07) is 2.09. The van der Waals surface area contributed by atoms with Crippen LogP contribution in [0, 0.1) is 17.5 Å². The number of anilines is 1. The fourth-order valence-corrected chi connectivity index (χ4v) is 2.79. The summed E-state index contributed by atoms with van der Waals surface area (Å²) in [5.74, 6) is -3.04. The maximum absolute atomic E-state index is 13.8. The van der Waals surface area contributed by atoms with E-state index in [9.17, 15) is 13.2 Å². The van der Waals surface area contributed by atoms with E-state index in [4.69, 9.17) is 5.73 Å². The van der Waals surface area contributed by atoms with Crippen LogP contribution in [0.2, 0.25) is 0 Å². The molecule has 0 radical (unpaired) electrons. The lowest BCUT2D eigenvalue weighted by atomic mass is 10.0. The Morgan fingerprint density at radius 1 is 1.05 bits per heavy atom. The van der Waals surface area contributed by atoms with Crippen LogP contribution < -0.4 is 5.73 Å². The van der Waals surface area contributed by atoms with Gasteiger partial charge in [-0.3, -0.25) is 0 Å². The number of fused-ring (bicyclic) bond motifs is 1. The SMILES string of the molecule is Nc1cc(C2CCCC2)nc2c(F)c(F)cc(F)c12. The number of benzene rings is 1. The number of hydrogen-bond donors (Lipinski definition) is 1. The van der Waals surface area contributed by atoms with Crippen LogP contribution >= 0.6 is 0 Å². The molecule has 0 atom stereocenters. The van der Waals surface area contributed by atoms with Gasteiger partial charge in [0.2, 0.25) is 0 Å². The summed E-state index contributed by atoms with van der Waals surface area (Å²) in [4.78, 5) is 4.10. The second-order valence-corrected chi connectivity index (χ2v) is 5.00. The summed E-state index contributed by atoms with van der Waals surface area (Å²) in [7, 11) is 0. The molecule has 0 spiro atoms. The monoisotopic (exact) mass is 266 g/mol. The topological polar surface area (TPSA) is 38.9 Å². The second kappa shape index (κ2) is 4.40. The van der Waals surface area contributed by atoms with Gasteiger partial charge in [-0.25, -0.2) is 18.2 Å². The van der Waals surface area contributed by atoms with Crippen molar-refractivity contribution in [3.63, 3.8) is 0 Å². The predicted molar refractivity (Wildman–Crippen MR) is 67.2 cm³/mol. The number of hydrogen-bond acceptors (Lipinski definition) is 2. The van der Waals surface area contributed by atoms with Crippen LogP contribution in [0.5, 0.6) is 0 Å². The van der Waals surface area contributed by atoms with E-state index in [0.29, 0.717) is 11.8 Å². The molecule has 1 aromatic heterocycles. The molecular formula is C14H13F3N2.